The molecule has 0 unspecified atom stereocenters. The second-order valence-corrected chi connectivity index (χ2v) is 9.66. The number of amides is 1. The van der Waals surface area contributed by atoms with Crippen LogP contribution in [0.3, 0.4) is 0 Å². The molecule has 1 heterocycles. The summed E-state index contributed by atoms with van der Waals surface area (Å²) in [7, 11) is -2.26. The maximum atomic E-state index is 13.5. The van der Waals surface area contributed by atoms with E-state index in [0.29, 0.717) is 5.69 Å². The Kier molecular flexibility index (Phi) is 7.61. The third kappa shape index (κ3) is 6.26. The zero-order valence-corrected chi connectivity index (χ0v) is 18.8. The van der Waals surface area contributed by atoms with Crippen molar-refractivity contribution in [3.8, 4) is 5.75 Å². The van der Waals surface area contributed by atoms with Crippen LogP contribution in [-0.4, -0.2) is 40.6 Å². The van der Waals surface area contributed by atoms with E-state index in [-0.39, 0.29) is 15.6 Å². The molecule has 0 spiro atoms. The monoisotopic (exact) mass is 496 g/mol. The van der Waals surface area contributed by atoms with Crippen molar-refractivity contribution in [2.45, 2.75) is 4.21 Å². The molecule has 0 saturated heterocycles. The van der Waals surface area contributed by atoms with Crippen LogP contribution in [-0.2, 0) is 24.3 Å². The Bertz CT molecular complexity index is 1230. The van der Waals surface area contributed by atoms with Crippen LogP contribution < -0.4 is 14.4 Å². The van der Waals surface area contributed by atoms with E-state index in [4.69, 9.17) is 9.47 Å². The third-order valence-corrected chi connectivity index (χ3v) is 7.39. The van der Waals surface area contributed by atoms with Gasteiger partial charge in [-0.15, -0.1) is 11.3 Å². The minimum atomic E-state index is -3.68. The van der Waals surface area contributed by atoms with E-state index in [2.05, 4.69) is 5.32 Å². The first-order valence-corrected chi connectivity index (χ1v) is 11.6. The second kappa shape index (κ2) is 10.4. The van der Waals surface area contributed by atoms with Gasteiger partial charge < -0.3 is 14.8 Å². The van der Waals surface area contributed by atoms with E-state index in [1.54, 1.807) is 11.4 Å². The Morgan fingerprint density at radius 2 is 1.79 bits per heavy atom. The highest BCUT2D eigenvalue weighted by atomic mass is 32.2. The molecule has 0 saturated carbocycles. The van der Waals surface area contributed by atoms with Gasteiger partial charge in [-0.2, -0.15) is 0 Å². The SMILES string of the molecule is CN(c1ccc(OCC(=O)OCC(=O)Nc2cc(F)ccc2F)cc1)S(=O)(=O)c1cccs1. The van der Waals surface area contributed by atoms with Crippen LogP contribution in [0, 0.1) is 11.6 Å². The van der Waals surface area contributed by atoms with E-state index >= 15 is 0 Å². The Balaban J connectivity index is 1.47. The zero-order valence-electron chi connectivity index (χ0n) is 17.2. The van der Waals surface area contributed by atoms with E-state index in [1.165, 1.54) is 37.4 Å². The molecule has 2 aromatic carbocycles. The lowest BCUT2D eigenvalue weighted by molar-refractivity contribution is -0.149. The summed E-state index contributed by atoms with van der Waals surface area (Å²) >= 11 is 1.11. The zero-order chi connectivity index (χ0) is 24.0. The highest BCUT2D eigenvalue weighted by Gasteiger charge is 2.22. The van der Waals surface area contributed by atoms with Crippen molar-refractivity contribution in [2.24, 2.45) is 0 Å². The number of anilines is 2. The van der Waals surface area contributed by atoms with E-state index < -0.39 is 46.7 Å². The van der Waals surface area contributed by atoms with Gasteiger partial charge in [-0.1, -0.05) is 6.07 Å². The van der Waals surface area contributed by atoms with Crippen molar-refractivity contribution >= 4 is 44.6 Å². The average molecular weight is 497 g/mol. The fraction of sp³-hybridized carbons (Fsp3) is 0.143. The van der Waals surface area contributed by atoms with Crippen molar-refractivity contribution in [3.63, 3.8) is 0 Å². The molecule has 0 radical (unpaired) electrons. The van der Waals surface area contributed by atoms with Crippen molar-refractivity contribution in [2.75, 3.05) is 29.9 Å². The molecule has 3 rings (SSSR count). The van der Waals surface area contributed by atoms with E-state index in [1.807, 2.05) is 0 Å². The first-order chi connectivity index (χ1) is 15.7. The number of thiophene rings is 1. The minimum absolute atomic E-state index is 0.206. The van der Waals surface area contributed by atoms with Crippen LogP contribution in [0.5, 0.6) is 5.75 Å². The van der Waals surface area contributed by atoms with Gasteiger partial charge in [-0.05, 0) is 47.8 Å². The normalized spacial score (nSPS) is 11.0. The smallest absolute Gasteiger partial charge is 0.344 e. The fourth-order valence-electron chi connectivity index (χ4n) is 2.55. The third-order valence-electron chi connectivity index (χ3n) is 4.23. The van der Waals surface area contributed by atoms with Crippen molar-refractivity contribution in [1.29, 1.82) is 0 Å². The first-order valence-electron chi connectivity index (χ1n) is 9.32. The lowest BCUT2D eigenvalue weighted by Crippen LogP contribution is -2.25. The first kappa shape index (κ1) is 24.1. The molecule has 174 valence electrons. The number of nitrogens with one attached hydrogen (secondary N) is 1. The van der Waals surface area contributed by atoms with Gasteiger partial charge in [-0.3, -0.25) is 9.10 Å². The lowest BCUT2D eigenvalue weighted by Gasteiger charge is -2.18. The largest absolute Gasteiger partial charge is 0.482 e. The predicted molar refractivity (Wildman–Crippen MR) is 118 cm³/mol. The molecular weight excluding hydrogens is 478 g/mol. The molecule has 0 atom stereocenters. The molecule has 12 heteroatoms. The van der Waals surface area contributed by atoms with Gasteiger partial charge >= 0.3 is 5.97 Å². The Morgan fingerprint density at radius 3 is 2.45 bits per heavy atom. The Hall–Kier alpha value is -3.51. The van der Waals surface area contributed by atoms with Crippen molar-refractivity contribution in [3.05, 3.63) is 71.6 Å². The number of hydrogen-bond donors (Lipinski definition) is 1. The van der Waals surface area contributed by atoms with Gasteiger partial charge in [-0.25, -0.2) is 22.0 Å². The van der Waals surface area contributed by atoms with Crippen molar-refractivity contribution < 1.29 is 36.3 Å². The molecule has 3 aromatic rings. The summed E-state index contributed by atoms with van der Waals surface area (Å²) in [5.41, 5.74) is 0.0121. The molecule has 0 aliphatic rings. The second-order valence-electron chi connectivity index (χ2n) is 6.52. The number of nitrogens with zero attached hydrogens (tertiary/aromatic N) is 1. The molecule has 1 amide bonds. The molecule has 1 aromatic heterocycles. The van der Waals surface area contributed by atoms with Gasteiger partial charge in [0.1, 0.15) is 21.6 Å². The summed E-state index contributed by atoms with van der Waals surface area (Å²) in [6.45, 7) is -1.24. The van der Waals surface area contributed by atoms with Gasteiger partial charge in [0, 0.05) is 13.1 Å². The number of carbonyl (C=O) groups excluding carboxylic acids is 2. The number of benzene rings is 2. The summed E-state index contributed by atoms with van der Waals surface area (Å²) in [5.74, 6) is -3.03. The highest BCUT2D eigenvalue weighted by molar-refractivity contribution is 7.94. The minimum Gasteiger partial charge on any atom is -0.482 e. The van der Waals surface area contributed by atoms with Crippen LogP contribution in [0.15, 0.2) is 64.2 Å². The van der Waals surface area contributed by atoms with E-state index in [0.717, 1.165) is 33.8 Å². The number of halogens is 2. The molecule has 0 aliphatic heterocycles. The molecular formula is C21H18F2N2O6S2. The summed E-state index contributed by atoms with van der Waals surface area (Å²) in [5, 5.41) is 3.76. The van der Waals surface area contributed by atoms with E-state index in [9.17, 15) is 26.8 Å². The Morgan fingerprint density at radius 1 is 1.06 bits per heavy atom. The molecule has 0 aliphatic carbocycles. The summed E-state index contributed by atoms with van der Waals surface area (Å²) in [6, 6.07) is 11.7. The summed E-state index contributed by atoms with van der Waals surface area (Å²) in [4.78, 5) is 23.5. The van der Waals surface area contributed by atoms with Crippen LogP contribution in [0.4, 0.5) is 20.2 Å². The molecule has 8 nitrogen and oxygen atoms in total. The highest BCUT2D eigenvalue weighted by Crippen LogP contribution is 2.26. The number of ether oxygens (including phenoxy) is 2. The predicted octanol–water partition coefficient (Wildman–Crippen LogP) is 3.41. The lowest BCUT2D eigenvalue weighted by atomic mass is 10.3. The number of sulfonamides is 1. The summed E-state index contributed by atoms with van der Waals surface area (Å²) < 4.78 is 63.0. The molecule has 33 heavy (non-hydrogen) atoms. The Labute approximate surface area is 192 Å². The molecule has 0 bridgehead atoms. The fourth-order valence-corrected chi connectivity index (χ4v) is 4.90. The number of rotatable bonds is 9. The maximum absolute atomic E-state index is 13.5. The van der Waals surface area contributed by atoms with Crippen LogP contribution >= 0.6 is 11.3 Å². The quantitative estimate of drug-likeness (QED) is 0.456. The van der Waals surface area contributed by atoms with Crippen LogP contribution in [0.1, 0.15) is 0 Å². The van der Waals surface area contributed by atoms with Gasteiger partial charge in [0.2, 0.25) is 0 Å². The van der Waals surface area contributed by atoms with Crippen LogP contribution in [0.2, 0.25) is 0 Å². The number of esters is 1. The standard InChI is InChI=1S/C21H18F2N2O6S2/c1-25(33(28,29)21-3-2-10-32-21)15-5-7-16(8-6-15)30-13-20(27)31-12-19(26)24-18-11-14(22)4-9-17(18)23/h2-11H,12-13H2,1H3,(H,24,26). The topological polar surface area (TPSA) is 102 Å². The number of carbonyl (C=O) groups is 2. The van der Waals surface area contributed by atoms with Gasteiger partial charge in [0.05, 0.1) is 11.4 Å². The number of hydrogen-bond acceptors (Lipinski definition) is 7. The van der Waals surface area contributed by atoms with Gasteiger partial charge in [0.15, 0.2) is 13.2 Å². The maximum Gasteiger partial charge on any atom is 0.344 e. The molecule has 1 N–H and O–H groups in total. The van der Waals surface area contributed by atoms with Crippen molar-refractivity contribution in [1.82, 2.24) is 0 Å². The van der Waals surface area contributed by atoms with Gasteiger partial charge in [0.25, 0.3) is 15.9 Å². The summed E-state index contributed by atoms with van der Waals surface area (Å²) in [6.07, 6.45) is 0. The average Bonchev–Trinajstić information content (AvgIpc) is 3.34. The van der Waals surface area contributed by atoms with Crippen LogP contribution in [0.25, 0.3) is 0 Å². The molecule has 0 fully saturated rings.